The number of carbonyl (C=O) groups excluding carboxylic acids is 1. The van der Waals surface area contributed by atoms with E-state index in [2.05, 4.69) is 25.6 Å². The van der Waals surface area contributed by atoms with Crippen LogP contribution in [0.1, 0.15) is 12.0 Å². The van der Waals surface area contributed by atoms with E-state index in [1.54, 1.807) is 13.4 Å². The first-order valence-electron chi connectivity index (χ1n) is 8.96. The first-order chi connectivity index (χ1) is 13.6. The fraction of sp³-hybridized carbons (Fsp3) is 0.263. The molecule has 0 unspecified atom stereocenters. The van der Waals surface area contributed by atoms with Gasteiger partial charge in [0.05, 0.1) is 6.33 Å². The number of anilines is 1. The lowest BCUT2D eigenvalue weighted by atomic mass is 10.1. The molecule has 4 rings (SSSR count). The number of pyridine rings is 1. The molecule has 3 heterocycles. The molecule has 0 spiro atoms. The lowest BCUT2D eigenvalue weighted by Crippen LogP contribution is -2.24. The molecule has 4 N–H and O–H groups in total. The number of nitrogens with two attached hydrogens (primary N) is 1. The number of amides is 1. The molecular weight excluding hydrogens is 358 g/mol. The summed E-state index contributed by atoms with van der Waals surface area (Å²) in [5, 5.41) is 5.89. The third-order valence-electron chi connectivity index (χ3n) is 4.48. The van der Waals surface area contributed by atoms with Crippen LogP contribution in [-0.2, 0) is 18.4 Å². The van der Waals surface area contributed by atoms with Crippen molar-refractivity contribution in [2.75, 3.05) is 18.9 Å². The van der Waals surface area contributed by atoms with Gasteiger partial charge in [-0.05, 0) is 17.7 Å². The number of rotatable bonds is 6. The van der Waals surface area contributed by atoms with Crippen LogP contribution in [-0.4, -0.2) is 39.0 Å². The number of oxazole rings is 1. The van der Waals surface area contributed by atoms with Gasteiger partial charge in [-0.15, -0.1) is 0 Å². The maximum atomic E-state index is 11.6. The minimum Gasteiger partial charge on any atom is -0.418 e. The van der Waals surface area contributed by atoms with E-state index in [1.165, 1.54) is 0 Å². The highest BCUT2D eigenvalue weighted by molar-refractivity contribution is 6.03. The van der Waals surface area contributed by atoms with E-state index in [0.29, 0.717) is 42.4 Å². The highest BCUT2D eigenvalue weighted by atomic mass is 16.4. The van der Waals surface area contributed by atoms with Crippen LogP contribution in [0.25, 0.3) is 33.7 Å². The Balaban J connectivity index is 1.72. The van der Waals surface area contributed by atoms with E-state index in [0.717, 1.165) is 22.2 Å². The van der Waals surface area contributed by atoms with Crippen molar-refractivity contribution in [1.29, 1.82) is 0 Å². The molecule has 0 atom stereocenters. The van der Waals surface area contributed by atoms with Crippen molar-refractivity contribution in [2.24, 2.45) is 12.8 Å². The molecule has 9 heteroatoms. The van der Waals surface area contributed by atoms with Crippen molar-refractivity contribution in [2.45, 2.75) is 13.0 Å². The third kappa shape index (κ3) is 3.16. The van der Waals surface area contributed by atoms with Gasteiger partial charge in [0.15, 0.2) is 11.3 Å². The van der Waals surface area contributed by atoms with E-state index in [-0.39, 0.29) is 5.91 Å². The van der Waals surface area contributed by atoms with Crippen LogP contribution in [0.5, 0.6) is 0 Å². The van der Waals surface area contributed by atoms with Crippen LogP contribution in [0.15, 0.2) is 35.0 Å². The third-order valence-corrected chi connectivity index (χ3v) is 4.48. The van der Waals surface area contributed by atoms with Crippen LogP contribution in [0.4, 0.5) is 5.82 Å². The number of aryl methyl sites for hydroxylation is 1. The lowest BCUT2D eigenvalue weighted by Gasteiger charge is -2.05. The largest absolute Gasteiger partial charge is 0.418 e. The molecular formula is C19H21N7O2. The molecule has 1 amide bonds. The molecule has 0 saturated carbocycles. The molecule has 1 aromatic carbocycles. The summed E-state index contributed by atoms with van der Waals surface area (Å²) in [6.07, 6.45) is 2.04. The lowest BCUT2D eigenvalue weighted by molar-refractivity contribution is -0.121. The molecule has 28 heavy (non-hydrogen) atoms. The highest BCUT2D eigenvalue weighted by Crippen LogP contribution is 2.31. The Kier molecular flexibility index (Phi) is 4.66. The predicted octanol–water partition coefficient (Wildman–Crippen LogP) is 1.78. The van der Waals surface area contributed by atoms with E-state index >= 15 is 0 Å². The van der Waals surface area contributed by atoms with Crippen LogP contribution < -0.4 is 16.4 Å². The van der Waals surface area contributed by atoms with Crippen LogP contribution >= 0.6 is 0 Å². The van der Waals surface area contributed by atoms with Gasteiger partial charge in [-0.2, -0.15) is 4.98 Å². The predicted molar refractivity (Wildman–Crippen MR) is 107 cm³/mol. The Hall–Kier alpha value is -3.46. The van der Waals surface area contributed by atoms with Crippen molar-refractivity contribution < 1.29 is 9.21 Å². The van der Waals surface area contributed by atoms with Crippen molar-refractivity contribution in [3.8, 4) is 11.5 Å². The Morgan fingerprint density at radius 3 is 2.93 bits per heavy atom. The van der Waals surface area contributed by atoms with Gasteiger partial charge in [0.25, 0.3) is 5.71 Å². The molecule has 0 radical (unpaired) electrons. The number of nitrogens with zero attached hydrogens (tertiary/aromatic N) is 4. The van der Waals surface area contributed by atoms with Gasteiger partial charge >= 0.3 is 0 Å². The summed E-state index contributed by atoms with van der Waals surface area (Å²) in [4.78, 5) is 25.2. The fourth-order valence-electron chi connectivity index (χ4n) is 3.11. The highest BCUT2D eigenvalue weighted by Gasteiger charge is 2.18. The summed E-state index contributed by atoms with van der Waals surface area (Å²) in [5.74, 6) is 1.03. The average molecular weight is 379 g/mol. The zero-order valence-corrected chi connectivity index (χ0v) is 15.7. The van der Waals surface area contributed by atoms with Crippen molar-refractivity contribution in [3.63, 3.8) is 0 Å². The molecule has 0 bridgehead atoms. The first kappa shape index (κ1) is 17.9. The van der Waals surface area contributed by atoms with E-state index < -0.39 is 0 Å². The normalized spacial score (nSPS) is 11.2. The van der Waals surface area contributed by atoms with Gasteiger partial charge in [-0.1, -0.05) is 12.1 Å². The maximum absolute atomic E-state index is 11.6. The van der Waals surface area contributed by atoms with E-state index in [4.69, 9.17) is 10.2 Å². The summed E-state index contributed by atoms with van der Waals surface area (Å²) < 4.78 is 7.84. The molecule has 9 nitrogen and oxygen atoms in total. The molecule has 0 aliphatic rings. The first-order valence-corrected chi connectivity index (χ1v) is 8.96. The van der Waals surface area contributed by atoms with Gasteiger partial charge in [-0.25, -0.2) is 9.97 Å². The Morgan fingerprint density at radius 2 is 2.14 bits per heavy atom. The molecule has 3 aromatic heterocycles. The van der Waals surface area contributed by atoms with E-state index in [1.807, 2.05) is 35.9 Å². The van der Waals surface area contributed by atoms with Crippen molar-refractivity contribution in [3.05, 3.63) is 36.2 Å². The quantitative estimate of drug-likeness (QED) is 0.466. The number of carbonyl (C=O) groups is 1. The minimum atomic E-state index is -0.0721. The second-order valence-corrected chi connectivity index (χ2v) is 6.45. The van der Waals surface area contributed by atoms with Gasteiger partial charge in [0.1, 0.15) is 11.0 Å². The van der Waals surface area contributed by atoms with Crippen molar-refractivity contribution in [1.82, 2.24) is 24.8 Å². The standard InChI is InChI=1S/C19H21N7O2/c1-21-17-14-16(26(2)10-23-14)15-19(25-17)28-18(24-15)12-5-3-4-11(8-12)9-22-13(27)6-7-20/h3-5,8,10H,6-7,9,20H2,1-2H3,(H,21,25)(H,22,27). The molecule has 0 saturated heterocycles. The number of imidazole rings is 1. The number of hydrogen-bond acceptors (Lipinski definition) is 7. The molecule has 0 aliphatic heterocycles. The summed E-state index contributed by atoms with van der Waals surface area (Å²) in [6.45, 7) is 0.750. The summed E-state index contributed by atoms with van der Waals surface area (Å²) in [7, 11) is 3.70. The number of hydrogen-bond donors (Lipinski definition) is 3. The number of aromatic nitrogens is 4. The molecule has 0 fully saturated rings. The molecule has 144 valence electrons. The van der Waals surface area contributed by atoms with Gasteiger partial charge in [0, 0.05) is 39.2 Å². The SMILES string of the molecule is CNc1nc2oc(-c3cccc(CNC(=O)CCN)c3)nc2c2c1ncn2C. The monoisotopic (exact) mass is 379 g/mol. The fourth-order valence-corrected chi connectivity index (χ4v) is 3.11. The smallest absolute Gasteiger partial charge is 0.251 e. The van der Waals surface area contributed by atoms with Crippen LogP contribution in [0, 0.1) is 0 Å². The summed E-state index contributed by atoms with van der Waals surface area (Å²) >= 11 is 0. The molecule has 0 aliphatic carbocycles. The second kappa shape index (κ2) is 7.28. The Bertz CT molecular complexity index is 1160. The van der Waals surface area contributed by atoms with Crippen LogP contribution in [0.2, 0.25) is 0 Å². The Labute approximate surface area is 161 Å². The Morgan fingerprint density at radius 1 is 1.29 bits per heavy atom. The number of nitrogens with one attached hydrogen (secondary N) is 2. The van der Waals surface area contributed by atoms with Crippen LogP contribution in [0.3, 0.4) is 0 Å². The topological polar surface area (TPSA) is 124 Å². The maximum Gasteiger partial charge on any atom is 0.251 e. The van der Waals surface area contributed by atoms with Gasteiger partial charge in [-0.3, -0.25) is 4.79 Å². The average Bonchev–Trinajstić information content (AvgIpc) is 3.30. The summed E-state index contributed by atoms with van der Waals surface area (Å²) in [6, 6.07) is 7.69. The van der Waals surface area contributed by atoms with Crippen molar-refractivity contribution >= 4 is 34.0 Å². The number of fused-ring (bicyclic) bond motifs is 3. The zero-order valence-electron chi connectivity index (χ0n) is 15.7. The van der Waals surface area contributed by atoms with E-state index in [9.17, 15) is 4.79 Å². The van der Waals surface area contributed by atoms with Gasteiger partial charge in [0.2, 0.25) is 11.8 Å². The molecule has 4 aromatic rings. The number of benzene rings is 1. The van der Waals surface area contributed by atoms with Gasteiger partial charge < -0.3 is 25.4 Å². The summed E-state index contributed by atoms with van der Waals surface area (Å²) in [5.41, 5.74) is 9.85. The second-order valence-electron chi connectivity index (χ2n) is 6.45. The minimum absolute atomic E-state index is 0.0721. The zero-order chi connectivity index (χ0) is 19.7.